The van der Waals surface area contributed by atoms with Gasteiger partial charge in [0.2, 0.25) is 0 Å². The summed E-state index contributed by atoms with van der Waals surface area (Å²) in [5.41, 5.74) is 0.713. The van der Waals surface area contributed by atoms with Crippen molar-refractivity contribution in [2.45, 2.75) is 19.0 Å². The fourth-order valence-electron chi connectivity index (χ4n) is 2.55. The minimum absolute atomic E-state index is 0.239. The van der Waals surface area contributed by atoms with Gasteiger partial charge in [0, 0.05) is 26.3 Å². The molecule has 2 aromatic carbocycles. The number of carbonyl (C=O) groups excluding carboxylic acids is 2. The molecule has 0 bridgehead atoms. The van der Waals surface area contributed by atoms with Crippen LogP contribution in [0.4, 0.5) is 24.5 Å². The second-order valence-corrected chi connectivity index (χ2v) is 6.42. The van der Waals surface area contributed by atoms with E-state index in [1.165, 1.54) is 12.1 Å². The van der Waals surface area contributed by atoms with Crippen LogP contribution in [0.25, 0.3) is 0 Å². The predicted molar refractivity (Wildman–Crippen MR) is 102 cm³/mol. The van der Waals surface area contributed by atoms with Gasteiger partial charge in [-0.15, -0.1) is 0 Å². The van der Waals surface area contributed by atoms with Gasteiger partial charge in [-0.1, -0.05) is 24.3 Å². The molecule has 2 amide bonds. The Morgan fingerprint density at radius 3 is 2.21 bits per heavy atom. The Labute approximate surface area is 161 Å². The van der Waals surface area contributed by atoms with Gasteiger partial charge in [-0.2, -0.15) is 13.2 Å². The molecule has 2 rings (SSSR count). The van der Waals surface area contributed by atoms with Gasteiger partial charge in [0.15, 0.2) is 0 Å². The summed E-state index contributed by atoms with van der Waals surface area (Å²) in [6.45, 7) is 0.239. The van der Waals surface area contributed by atoms with Crippen LogP contribution < -0.4 is 15.5 Å². The predicted octanol–water partition coefficient (Wildman–Crippen LogP) is 3.46. The van der Waals surface area contributed by atoms with Crippen LogP contribution in [0.1, 0.15) is 17.5 Å². The zero-order valence-corrected chi connectivity index (χ0v) is 15.6. The van der Waals surface area contributed by atoms with Gasteiger partial charge in [-0.3, -0.25) is 9.59 Å². The number of hydrogen-bond donors (Lipinski definition) is 2. The smallest absolute Gasteiger partial charge is 0.378 e. The molecule has 0 radical (unpaired) electrons. The molecule has 0 atom stereocenters. The normalized spacial score (nSPS) is 11.0. The molecule has 0 unspecified atom stereocenters. The van der Waals surface area contributed by atoms with E-state index in [9.17, 15) is 22.8 Å². The molecule has 2 aromatic rings. The van der Waals surface area contributed by atoms with Crippen LogP contribution in [-0.2, 0) is 22.2 Å². The van der Waals surface area contributed by atoms with E-state index in [1.807, 2.05) is 48.6 Å². The van der Waals surface area contributed by atoms with Crippen LogP contribution in [-0.4, -0.2) is 32.5 Å². The summed E-state index contributed by atoms with van der Waals surface area (Å²) < 4.78 is 38.8. The second kappa shape index (κ2) is 9.25. The number of amides is 2. The molecule has 0 aliphatic rings. The maximum Gasteiger partial charge on any atom is 0.418 e. The van der Waals surface area contributed by atoms with Gasteiger partial charge in [0.05, 0.1) is 11.3 Å². The minimum Gasteiger partial charge on any atom is -0.378 e. The van der Waals surface area contributed by atoms with Crippen molar-refractivity contribution < 1.29 is 22.8 Å². The molecule has 0 spiro atoms. The third-order valence-corrected chi connectivity index (χ3v) is 4.07. The standard InChI is InChI=1S/C20H22F3N3O2/c1-26(2)15-11-9-14(10-12-15)6-5-13-24-18(27)19(28)25-17-8-4-3-7-16(17)20(21,22)23/h3-4,7-12H,5-6,13H2,1-2H3,(H,24,27)(H,25,28). The van der Waals surface area contributed by atoms with E-state index in [0.717, 1.165) is 23.4 Å². The first kappa shape index (κ1) is 21.3. The molecule has 150 valence electrons. The maximum atomic E-state index is 12.9. The van der Waals surface area contributed by atoms with Crippen molar-refractivity contribution in [1.82, 2.24) is 5.32 Å². The van der Waals surface area contributed by atoms with Crippen molar-refractivity contribution in [3.05, 3.63) is 59.7 Å². The van der Waals surface area contributed by atoms with E-state index in [-0.39, 0.29) is 6.54 Å². The SMILES string of the molecule is CN(C)c1ccc(CCCNC(=O)C(=O)Nc2ccccc2C(F)(F)F)cc1. The van der Waals surface area contributed by atoms with E-state index in [0.29, 0.717) is 12.8 Å². The highest BCUT2D eigenvalue weighted by molar-refractivity contribution is 6.39. The van der Waals surface area contributed by atoms with Crippen LogP contribution in [0.2, 0.25) is 0 Å². The lowest BCUT2D eigenvalue weighted by molar-refractivity contribution is -0.138. The Kier molecular flexibility index (Phi) is 7.03. The average molecular weight is 393 g/mol. The zero-order valence-electron chi connectivity index (χ0n) is 15.6. The molecule has 28 heavy (non-hydrogen) atoms. The number of carbonyl (C=O) groups is 2. The summed E-state index contributed by atoms with van der Waals surface area (Å²) in [4.78, 5) is 25.7. The van der Waals surface area contributed by atoms with Gasteiger partial charge < -0.3 is 15.5 Å². The van der Waals surface area contributed by atoms with Crippen LogP contribution in [0, 0.1) is 0 Å². The van der Waals surface area contributed by atoms with Crippen molar-refractivity contribution in [2.75, 3.05) is 30.9 Å². The second-order valence-electron chi connectivity index (χ2n) is 6.42. The number of alkyl halides is 3. The number of aryl methyl sites for hydroxylation is 1. The quantitative estimate of drug-likeness (QED) is 0.584. The zero-order chi connectivity index (χ0) is 20.7. The molecule has 0 heterocycles. The fraction of sp³-hybridized carbons (Fsp3) is 0.300. The molecule has 0 aliphatic carbocycles. The van der Waals surface area contributed by atoms with E-state index < -0.39 is 29.2 Å². The number of rotatable bonds is 6. The number of anilines is 2. The third-order valence-electron chi connectivity index (χ3n) is 4.07. The molecular weight excluding hydrogens is 371 g/mol. The van der Waals surface area contributed by atoms with Crippen LogP contribution in [0.15, 0.2) is 48.5 Å². The molecule has 2 N–H and O–H groups in total. The highest BCUT2D eigenvalue weighted by atomic mass is 19.4. The Hall–Kier alpha value is -3.03. The monoisotopic (exact) mass is 393 g/mol. The summed E-state index contributed by atoms with van der Waals surface area (Å²) in [5, 5.41) is 4.44. The number of nitrogens with one attached hydrogen (secondary N) is 2. The van der Waals surface area contributed by atoms with Gasteiger partial charge in [-0.05, 0) is 42.7 Å². The van der Waals surface area contributed by atoms with Crippen molar-refractivity contribution in [2.24, 2.45) is 0 Å². The van der Waals surface area contributed by atoms with Gasteiger partial charge in [0.25, 0.3) is 0 Å². The number of benzene rings is 2. The van der Waals surface area contributed by atoms with Crippen molar-refractivity contribution in [3.8, 4) is 0 Å². The molecule has 0 aliphatic heterocycles. The van der Waals surface area contributed by atoms with Crippen molar-refractivity contribution in [1.29, 1.82) is 0 Å². The average Bonchev–Trinajstić information content (AvgIpc) is 2.65. The topological polar surface area (TPSA) is 61.4 Å². The Morgan fingerprint density at radius 1 is 0.964 bits per heavy atom. The molecular formula is C20H22F3N3O2. The largest absolute Gasteiger partial charge is 0.418 e. The summed E-state index contributed by atoms with van der Waals surface area (Å²) in [7, 11) is 3.89. The lowest BCUT2D eigenvalue weighted by Gasteiger charge is -2.13. The first-order chi connectivity index (χ1) is 13.2. The Balaban J connectivity index is 1.81. The molecule has 8 heteroatoms. The lowest BCUT2D eigenvalue weighted by atomic mass is 10.1. The van der Waals surface area contributed by atoms with Gasteiger partial charge in [-0.25, -0.2) is 0 Å². The highest BCUT2D eigenvalue weighted by Gasteiger charge is 2.33. The van der Waals surface area contributed by atoms with E-state index in [2.05, 4.69) is 5.32 Å². The summed E-state index contributed by atoms with van der Waals surface area (Å²) >= 11 is 0. The summed E-state index contributed by atoms with van der Waals surface area (Å²) in [6, 6.07) is 12.4. The fourth-order valence-corrected chi connectivity index (χ4v) is 2.55. The van der Waals surface area contributed by atoms with Crippen LogP contribution in [0.3, 0.4) is 0 Å². The molecule has 0 fully saturated rings. The Morgan fingerprint density at radius 2 is 1.61 bits per heavy atom. The van der Waals surface area contributed by atoms with Gasteiger partial charge >= 0.3 is 18.0 Å². The minimum atomic E-state index is -4.62. The molecule has 0 saturated heterocycles. The van der Waals surface area contributed by atoms with Crippen LogP contribution >= 0.6 is 0 Å². The number of para-hydroxylation sites is 1. The number of hydrogen-bond acceptors (Lipinski definition) is 3. The van der Waals surface area contributed by atoms with Crippen molar-refractivity contribution in [3.63, 3.8) is 0 Å². The maximum absolute atomic E-state index is 12.9. The highest BCUT2D eigenvalue weighted by Crippen LogP contribution is 2.34. The summed E-state index contributed by atoms with van der Waals surface area (Å²) in [5.74, 6) is -2.10. The third kappa shape index (κ3) is 6.00. The van der Waals surface area contributed by atoms with E-state index in [1.54, 1.807) is 0 Å². The Bertz CT molecular complexity index is 818. The van der Waals surface area contributed by atoms with Gasteiger partial charge in [0.1, 0.15) is 0 Å². The van der Waals surface area contributed by atoms with Crippen molar-refractivity contribution >= 4 is 23.2 Å². The first-order valence-electron chi connectivity index (χ1n) is 8.70. The first-order valence-corrected chi connectivity index (χ1v) is 8.70. The molecule has 0 saturated carbocycles. The molecule has 0 aromatic heterocycles. The van der Waals surface area contributed by atoms with Crippen LogP contribution in [0.5, 0.6) is 0 Å². The number of nitrogens with zero attached hydrogens (tertiary/aromatic N) is 1. The van der Waals surface area contributed by atoms with E-state index in [4.69, 9.17) is 0 Å². The number of halogens is 3. The van der Waals surface area contributed by atoms with E-state index >= 15 is 0 Å². The lowest BCUT2D eigenvalue weighted by Crippen LogP contribution is -2.36. The molecule has 5 nitrogen and oxygen atoms in total. The summed E-state index contributed by atoms with van der Waals surface area (Å²) in [6.07, 6.45) is -3.32.